The molecule has 152 valence electrons. The number of alkyl halides is 2. The average molecular weight is 430 g/mol. The molecule has 0 saturated carbocycles. The van der Waals surface area contributed by atoms with E-state index in [1.165, 1.54) is 0 Å². The Kier molecular flexibility index (Phi) is 8.54. The van der Waals surface area contributed by atoms with Crippen LogP contribution in [0.3, 0.4) is 0 Å². The van der Waals surface area contributed by atoms with Crippen molar-refractivity contribution in [3.05, 3.63) is 90.0 Å². The minimum atomic E-state index is 0.493. The Morgan fingerprint density at radius 3 is 1.48 bits per heavy atom. The Labute approximate surface area is 182 Å². The third-order valence-corrected chi connectivity index (χ3v) is 4.77. The predicted molar refractivity (Wildman–Crippen MR) is 122 cm³/mol. The maximum Gasteiger partial charge on any atom is 0.125 e. The van der Waals surface area contributed by atoms with Gasteiger partial charge < -0.3 is 14.4 Å². The summed E-state index contributed by atoms with van der Waals surface area (Å²) < 4.78 is 12.1. The van der Waals surface area contributed by atoms with Crippen LogP contribution in [0.5, 0.6) is 11.5 Å². The van der Waals surface area contributed by atoms with Crippen LogP contribution in [0.1, 0.15) is 11.1 Å². The molecule has 0 radical (unpaired) electrons. The second-order valence-electron chi connectivity index (χ2n) is 6.58. The van der Waals surface area contributed by atoms with Gasteiger partial charge in [-0.15, -0.1) is 23.2 Å². The lowest BCUT2D eigenvalue weighted by molar-refractivity contribution is 0.290. The molecule has 0 fully saturated rings. The van der Waals surface area contributed by atoms with Crippen molar-refractivity contribution in [3.63, 3.8) is 0 Å². The van der Waals surface area contributed by atoms with E-state index in [4.69, 9.17) is 32.7 Å². The van der Waals surface area contributed by atoms with Crippen molar-refractivity contribution in [2.24, 2.45) is 0 Å². The lowest BCUT2D eigenvalue weighted by Crippen LogP contribution is -2.27. The summed E-state index contributed by atoms with van der Waals surface area (Å²) >= 11 is 12.0. The van der Waals surface area contributed by atoms with E-state index in [1.807, 2.05) is 78.9 Å². The lowest BCUT2D eigenvalue weighted by Gasteiger charge is -2.24. The van der Waals surface area contributed by atoms with Crippen LogP contribution in [0, 0.1) is 0 Å². The number of benzene rings is 3. The molecule has 5 heteroatoms. The molecular weight excluding hydrogens is 405 g/mol. The minimum Gasteiger partial charge on any atom is -0.489 e. The molecule has 0 unspecified atom stereocenters. The molecule has 0 spiro atoms. The molecule has 3 aromatic carbocycles. The Bertz CT molecular complexity index is 792. The van der Waals surface area contributed by atoms with Gasteiger partial charge in [0.25, 0.3) is 0 Å². The van der Waals surface area contributed by atoms with Crippen molar-refractivity contribution in [3.8, 4) is 11.5 Å². The molecule has 3 nitrogen and oxygen atoms in total. The zero-order valence-electron chi connectivity index (χ0n) is 16.3. The summed E-state index contributed by atoms with van der Waals surface area (Å²) in [7, 11) is 0. The minimum absolute atomic E-state index is 0.493. The molecule has 0 N–H and O–H groups in total. The highest BCUT2D eigenvalue weighted by atomic mass is 35.5. The van der Waals surface area contributed by atoms with Gasteiger partial charge in [-0.2, -0.15) is 0 Å². The van der Waals surface area contributed by atoms with Gasteiger partial charge in [-0.25, -0.2) is 0 Å². The Hall–Kier alpha value is -2.36. The monoisotopic (exact) mass is 429 g/mol. The molecule has 0 saturated heterocycles. The number of rotatable bonds is 11. The number of anilines is 1. The maximum absolute atomic E-state index is 6.06. The third kappa shape index (κ3) is 6.88. The largest absolute Gasteiger partial charge is 0.489 e. The highest BCUT2D eigenvalue weighted by Crippen LogP contribution is 2.30. The van der Waals surface area contributed by atoms with Crippen LogP contribution >= 0.6 is 23.2 Å². The molecule has 0 aromatic heterocycles. The SMILES string of the molecule is ClCCN(CCCl)c1cc(OCc2ccccc2)cc(OCc2ccccc2)c1. The predicted octanol–water partition coefficient (Wildman–Crippen LogP) is 6.13. The Morgan fingerprint density at radius 1 is 0.621 bits per heavy atom. The van der Waals surface area contributed by atoms with Crippen LogP contribution in [0.25, 0.3) is 0 Å². The van der Waals surface area contributed by atoms with E-state index >= 15 is 0 Å². The van der Waals surface area contributed by atoms with E-state index in [-0.39, 0.29) is 0 Å². The fraction of sp³-hybridized carbons (Fsp3) is 0.250. The van der Waals surface area contributed by atoms with Crippen molar-refractivity contribution in [2.75, 3.05) is 29.7 Å². The third-order valence-electron chi connectivity index (χ3n) is 4.44. The summed E-state index contributed by atoms with van der Waals surface area (Å²) in [6, 6.07) is 26.1. The van der Waals surface area contributed by atoms with Crippen molar-refractivity contribution < 1.29 is 9.47 Å². The first-order valence-electron chi connectivity index (χ1n) is 9.64. The summed E-state index contributed by atoms with van der Waals surface area (Å²) in [6.07, 6.45) is 0. The second-order valence-corrected chi connectivity index (χ2v) is 7.33. The van der Waals surface area contributed by atoms with E-state index < -0.39 is 0 Å². The first kappa shape index (κ1) is 21.4. The molecule has 0 aliphatic heterocycles. The molecule has 3 aromatic rings. The number of nitrogens with zero attached hydrogens (tertiary/aromatic N) is 1. The molecule has 0 aliphatic carbocycles. The molecular formula is C24H25Cl2NO2. The quantitative estimate of drug-likeness (QED) is 0.342. The van der Waals surface area contributed by atoms with Gasteiger partial charge in [0.2, 0.25) is 0 Å². The summed E-state index contributed by atoms with van der Waals surface area (Å²) in [5.74, 6) is 2.55. The van der Waals surface area contributed by atoms with Gasteiger partial charge in [-0.05, 0) is 11.1 Å². The average Bonchev–Trinajstić information content (AvgIpc) is 2.77. The van der Waals surface area contributed by atoms with Gasteiger partial charge >= 0.3 is 0 Å². The highest BCUT2D eigenvalue weighted by Gasteiger charge is 2.11. The van der Waals surface area contributed by atoms with Crippen molar-refractivity contribution in [2.45, 2.75) is 13.2 Å². The Morgan fingerprint density at radius 2 is 1.07 bits per heavy atom. The molecule has 0 atom stereocenters. The standard InChI is InChI=1S/C24H25Cl2NO2/c25-11-13-27(14-12-26)22-15-23(28-18-20-7-3-1-4-8-20)17-24(16-22)29-19-21-9-5-2-6-10-21/h1-10,15-17H,11-14,18-19H2. The molecule has 3 rings (SSSR count). The topological polar surface area (TPSA) is 21.7 Å². The zero-order chi connectivity index (χ0) is 20.3. The Balaban J connectivity index is 1.79. The van der Waals surface area contributed by atoms with Crippen LogP contribution in [0.15, 0.2) is 78.9 Å². The normalized spacial score (nSPS) is 10.6. The van der Waals surface area contributed by atoms with E-state index in [0.29, 0.717) is 38.1 Å². The van der Waals surface area contributed by atoms with Crippen LogP contribution in [-0.2, 0) is 13.2 Å². The van der Waals surface area contributed by atoms with Gasteiger partial charge in [0, 0.05) is 48.7 Å². The highest BCUT2D eigenvalue weighted by molar-refractivity contribution is 6.18. The van der Waals surface area contributed by atoms with Crippen molar-refractivity contribution in [1.82, 2.24) is 0 Å². The van der Waals surface area contributed by atoms with Gasteiger partial charge in [0.1, 0.15) is 24.7 Å². The van der Waals surface area contributed by atoms with Gasteiger partial charge in [0.15, 0.2) is 0 Å². The zero-order valence-corrected chi connectivity index (χ0v) is 17.8. The molecule has 0 amide bonds. The number of hydrogen-bond acceptors (Lipinski definition) is 3. The van der Waals surface area contributed by atoms with Crippen LogP contribution in [-0.4, -0.2) is 24.8 Å². The number of hydrogen-bond donors (Lipinski definition) is 0. The fourth-order valence-corrected chi connectivity index (χ4v) is 3.37. The lowest BCUT2D eigenvalue weighted by atomic mass is 10.2. The first-order chi connectivity index (χ1) is 14.3. The van der Waals surface area contributed by atoms with E-state index in [9.17, 15) is 0 Å². The van der Waals surface area contributed by atoms with Gasteiger partial charge in [0.05, 0.1) is 0 Å². The van der Waals surface area contributed by atoms with Crippen LogP contribution < -0.4 is 14.4 Å². The van der Waals surface area contributed by atoms with E-state index in [0.717, 1.165) is 28.3 Å². The number of ether oxygens (including phenoxy) is 2. The van der Waals surface area contributed by atoms with Crippen molar-refractivity contribution >= 4 is 28.9 Å². The smallest absolute Gasteiger partial charge is 0.125 e. The summed E-state index contributed by atoms with van der Waals surface area (Å²) in [5.41, 5.74) is 3.21. The molecule has 0 bridgehead atoms. The van der Waals surface area contributed by atoms with E-state index in [2.05, 4.69) is 4.90 Å². The summed E-state index contributed by atoms with van der Waals surface area (Å²) in [6.45, 7) is 2.39. The van der Waals surface area contributed by atoms with E-state index in [1.54, 1.807) is 0 Å². The van der Waals surface area contributed by atoms with Gasteiger partial charge in [-0.3, -0.25) is 0 Å². The van der Waals surface area contributed by atoms with Crippen molar-refractivity contribution in [1.29, 1.82) is 0 Å². The fourth-order valence-electron chi connectivity index (χ4n) is 2.96. The first-order valence-corrected chi connectivity index (χ1v) is 10.7. The molecule has 29 heavy (non-hydrogen) atoms. The summed E-state index contributed by atoms with van der Waals surface area (Å²) in [5, 5.41) is 0. The molecule has 0 aliphatic rings. The second kappa shape index (κ2) is 11.6. The summed E-state index contributed by atoms with van der Waals surface area (Å²) in [4.78, 5) is 2.14. The number of halogens is 2. The molecule has 0 heterocycles. The maximum atomic E-state index is 6.06. The van der Waals surface area contributed by atoms with Crippen LogP contribution in [0.4, 0.5) is 5.69 Å². The van der Waals surface area contributed by atoms with Crippen LogP contribution in [0.2, 0.25) is 0 Å². The van der Waals surface area contributed by atoms with Gasteiger partial charge in [-0.1, -0.05) is 60.7 Å².